The summed E-state index contributed by atoms with van der Waals surface area (Å²) in [7, 11) is -4.07. The maximum atomic E-state index is 11.1. The Morgan fingerprint density at radius 3 is 2.71 bits per heavy atom. The molecule has 0 saturated heterocycles. The van der Waals surface area contributed by atoms with Crippen LogP contribution < -0.4 is 0 Å². The van der Waals surface area contributed by atoms with Crippen LogP contribution in [-0.4, -0.2) is 29.2 Å². The molecule has 0 saturated carbocycles. The zero-order chi connectivity index (χ0) is 12.9. The second-order valence-corrected chi connectivity index (χ2v) is 6.58. The third-order valence-electron chi connectivity index (χ3n) is 2.26. The molecular weight excluding hydrogens is 262 g/mol. The first-order valence-electron chi connectivity index (χ1n) is 5.52. The molecule has 0 aromatic carbocycles. The Hall–Kier alpha value is -0.530. The summed E-state index contributed by atoms with van der Waals surface area (Å²) in [6, 6.07) is 0. The molecule has 1 rings (SSSR count). The molecule has 1 aliphatic heterocycles. The molecule has 1 heterocycles. The van der Waals surface area contributed by atoms with Crippen molar-refractivity contribution in [2.75, 3.05) is 6.61 Å². The predicted octanol–water partition coefficient (Wildman–Crippen LogP) is 2.41. The van der Waals surface area contributed by atoms with Gasteiger partial charge in [0.1, 0.15) is 11.7 Å². The Bertz CT molecular complexity index is 414. The third kappa shape index (κ3) is 4.33. The molecule has 0 aliphatic carbocycles. The van der Waals surface area contributed by atoms with Gasteiger partial charge in [-0.1, -0.05) is 37.2 Å². The van der Waals surface area contributed by atoms with Gasteiger partial charge in [0.05, 0.1) is 0 Å². The van der Waals surface area contributed by atoms with Crippen molar-refractivity contribution in [3.8, 4) is 0 Å². The Kier molecular flexibility index (Phi) is 5.48. The van der Waals surface area contributed by atoms with Crippen LogP contribution in [0.15, 0.2) is 16.8 Å². The summed E-state index contributed by atoms with van der Waals surface area (Å²) >= 11 is 1.00. The van der Waals surface area contributed by atoms with E-state index in [1.54, 1.807) is 6.08 Å². The Balaban J connectivity index is 2.66. The SMILES string of the molecule is CCCCON=C1C=C(CC)C(S(=O)(=O)O)S1. The summed E-state index contributed by atoms with van der Waals surface area (Å²) in [5, 5.41) is 4.35. The molecule has 0 amide bonds. The van der Waals surface area contributed by atoms with Crippen molar-refractivity contribution in [2.24, 2.45) is 5.16 Å². The van der Waals surface area contributed by atoms with Gasteiger partial charge in [0.2, 0.25) is 0 Å². The normalized spacial score (nSPS) is 22.9. The van der Waals surface area contributed by atoms with Crippen LogP contribution in [0.1, 0.15) is 33.1 Å². The molecule has 0 fully saturated rings. The second-order valence-electron chi connectivity index (χ2n) is 3.65. The fourth-order valence-corrected chi connectivity index (χ4v) is 3.65. The lowest BCUT2D eigenvalue weighted by molar-refractivity contribution is 0.142. The van der Waals surface area contributed by atoms with E-state index in [2.05, 4.69) is 5.16 Å². The van der Waals surface area contributed by atoms with Gasteiger partial charge in [-0.05, 0) is 24.5 Å². The minimum Gasteiger partial charge on any atom is -0.395 e. The fourth-order valence-electron chi connectivity index (χ4n) is 1.33. The van der Waals surface area contributed by atoms with Gasteiger partial charge in [-0.3, -0.25) is 4.55 Å². The third-order valence-corrected chi connectivity index (χ3v) is 5.07. The average Bonchev–Trinajstić information content (AvgIpc) is 2.67. The van der Waals surface area contributed by atoms with E-state index in [-0.39, 0.29) is 0 Å². The standard InChI is InChI=1S/C10H17NO4S2/c1-3-5-6-15-11-9-7-8(4-2)10(16-9)17(12,13)14/h7,10H,3-6H2,1-2H3,(H,12,13,14). The smallest absolute Gasteiger partial charge is 0.281 e. The Labute approximate surface area is 106 Å². The maximum Gasteiger partial charge on any atom is 0.281 e. The summed E-state index contributed by atoms with van der Waals surface area (Å²) in [6.45, 7) is 4.40. The van der Waals surface area contributed by atoms with Crippen LogP contribution in [0.5, 0.6) is 0 Å². The van der Waals surface area contributed by atoms with Crippen LogP contribution in [0.25, 0.3) is 0 Å². The molecule has 0 radical (unpaired) electrons. The van der Waals surface area contributed by atoms with Crippen molar-refractivity contribution in [3.05, 3.63) is 11.6 Å². The van der Waals surface area contributed by atoms with E-state index in [1.807, 2.05) is 13.8 Å². The van der Waals surface area contributed by atoms with Gasteiger partial charge in [0, 0.05) is 0 Å². The topological polar surface area (TPSA) is 76.0 Å². The number of unbranched alkanes of at least 4 members (excludes halogenated alkanes) is 1. The molecule has 7 heteroatoms. The molecule has 0 spiro atoms. The number of hydrogen-bond acceptors (Lipinski definition) is 5. The average molecular weight is 279 g/mol. The number of nitrogens with zero attached hydrogens (tertiary/aromatic N) is 1. The maximum absolute atomic E-state index is 11.1. The number of rotatable bonds is 6. The first-order valence-corrected chi connectivity index (χ1v) is 7.90. The van der Waals surface area contributed by atoms with Crippen LogP contribution >= 0.6 is 11.8 Å². The van der Waals surface area contributed by atoms with Crippen molar-refractivity contribution in [3.63, 3.8) is 0 Å². The van der Waals surface area contributed by atoms with Crippen LogP contribution in [0, 0.1) is 0 Å². The van der Waals surface area contributed by atoms with Gasteiger partial charge in [-0.25, -0.2) is 0 Å². The fraction of sp³-hybridized carbons (Fsp3) is 0.700. The molecule has 5 nitrogen and oxygen atoms in total. The van der Waals surface area contributed by atoms with E-state index < -0.39 is 14.7 Å². The van der Waals surface area contributed by atoms with Crippen molar-refractivity contribution >= 4 is 26.9 Å². The summed E-state index contributed by atoms with van der Waals surface area (Å²) in [5.41, 5.74) is 0.648. The molecule has 1 aliphatic rings. The molecule has 1 unspecified atom stereocenters. The molecule has 1 N–H and O–H groups in total. The highest BCUT2D eigenvalue weighted by Gasteiger charge is 2.33. The van der Waals surface area contributed by atoms with Crippen molar-refractivity contribution in [1.82, 2.24) is 0 Å². The highest BCUT2D eigenvalue weighted by Crippen LogP contribution is 2.34. The van der Waals surface area contributed by atoms with Crippen molar-refractivity contribution < 1.29 is 17.8 Å². The minimum absolute atomic E-state index is 0.501. The first kappa shape index (κ1) is 14.5. The number of thioether (sulfide) groups is 1. The molecule has 0 aromatic heterocycles. The van der Waals surface area contributed by atoms with Gasteiger partial charge in [-0.15, -0.1) is 0 Å². The van der Waals surface area contributed by atoms with Crippen LogP contribution in [-0.2, 0) is 15.0 Å². The number of hydrogen-bond donors (Lipinski definition) is 1. The Morgan fingerprint density at radius 2 is 2.24 bits per heavy atom. The van der Waals surface area contributed by atoms with Gasteiger partial charge in [-0.2, -0.15) is 8.42 Å². The van der Waals surface area contributed by atoms with Gasteiger partial charge < -0.3 is 4.84 Å². The molecular formula is C10H17NO4S2. The van der Waals surface area contributed by atoms with E-state index >= 15 is 0 Å². The van der Waals surface area contributed by atoms with Gasteiger partial charge in [0.15, 0.2) is 4.58 Å². The zero-order valence-electron chi connectivity index (χ0n) is 9.92. The highest BCUT2D eigenvalue weighted by molar-refractivity contribution is 8.22. The van der Waals surface area contributed by atoms with Crippen LogP contribution in [0.3, 0.4) is 0 Å². The van der Waals surface area contributed by atoms with Gasteiger partial charge >= 0.3 is 0 Å². The van der Waals surface area contributed by atoms with Crippen molar-refractivity contribution in [2.45, 2.75) is 37.7 Å². The molecule has 98 valence electrons. The van der Waals surface area contributed by atoms with E-state index in [0.717, 1.165) is 24.6 Å². The lowest BCUT2D eigenvalue weighted by Gasteiger charge is -2.07. The lowest BCUT2D eigenvalue weighted by atomic mass is 10.2. The van der Waals surface area contributed by atoms with E-state index in [1.165, 1.54) is 0 Å². The predicted molar refractivity (Wildman–Crippen MR) is 69.6 cm³/mol. The lowest BCUT2D eigenvalue weighted by Crippen LogP contribution is -2.16. The van der Waals surface area contributed by atoms with E-state index in [0.29, 0.717) is 23.6 Å². The summed E-state index contributed by atoms with van der Waals surface area (Å²) < 4.78 is 30.4. The molecule has 0 aromatic rings. The summed E-state index contributed by atoms with van der Waals surface area (Å²) in [6.07, 6.45) is 4.15. The largest absolute Gasteiger partial charge is 0.395 e. The highest BCUT2D eigenvalue weighted by atomic mass is 32.3. The van der Waals surface area contributed by atoms with Crippen LogP contribution in [0.2, 0.25) is 0 Å². The van der Waals surface area contributed by atoms with E-state index in [9.17, 15) is 8.42 Å². The summed E-state index contributed by atoms with van der Waals surface area (Å²) in [5.74, 6) is 0. The Morgan fingerprint density at radius 1 is 1.53 bits per heavy atom. The monoisotopic (exact) mass is 279 g/mol. The summed E-state index contributed by atoms with van der Waals surface area (Å²) in [4.78, 5) is 5.06. The molecule has 0 bridgehead atoms. The minimum atomic E-state index is -4.07. The number of oxime groups is 1. The van der Waals surface area contributed by atoms with Crippen molar-refractivity contribution in [1.29, 1.82) is 0 Å². The van der Waals surface area contributed by atoms with E-state index in [4.69, 9.17) is 9.39 Å². The van der Waals surface area contributed by atoms with Crippen LogP contribution in [0.4, 0.5) is 0 Å². The first-order chi connectivity index (χ1) is 7.99. The quantitative estimate of drug-likeness (QED) is 0.459. The molecule has 1 atom stereocenters. The van der Waals surface area contributed by atoms with Gasteiger partial charge in [0.25, 0.3) is 10.1 Å². The molecule has 17 heavy (non-hydrogen) atoms. The zero-order valence-corrected chi connectivity index (χ0v) is 11.6. The second kappa shape index (κ2) is 6.42.